The van der Waals surface area contributed by atoms with E-state index >= 15 is 0 Å². The number of carbonyl (C=O) groups excluding carboxylic acids is 1. The van der Waals surface area contributed by atoms with Gasteiger partial charge in [0.1, 0.15) is 85.5 Å². The van der Waals surface area contributed by atoms with Gasteiger partial charge in [0.2, 0.25) is 0 Å². The van der Waals surface area contributed by atoms with Crippen molar-refractivity contribution >= 4 is 12.0 Å². The number of phenols is 4. The van der Waals surface area contributed by atoms with Crippen molar-refractivity contribution in [2.75, 3.05) is 33.0 Å². The Morgan fingerprint density at radius 2 is 1.15 bits per heavy atom. The van der Waals surface area contributed by atoms with E-state index < -0.39 is 172 Å². The van der Waals surface area contributed by atoms with Crippen LogP contribution in [0.25, 0.3) is 6.08 Å². The molecule has 2 aromatic carbocycles. The standard InChI is InChI=1S/C40H54O25/c41-11-22-27(50)29(52)32(55)37(60-22)59-14-24-34(63-25(48)6-3-15-1-4-17(43)19(45)9-15)35(64-39-33(56)30(53)28(51)23(12-42)61-39)36(65-38-31(54)26(49)21(47)13-58-38)40(62-24)57-8-7-16-2-5-18(44)20(46)10-16/h1-6,9-10,21-24,26-47,49-56H,7-8,11-14H2/b6-3+/t21-,22+,23+,24+,26-,27+,28+,29-,30-,31+,32+,33+,34+,35-,36+,37+,38-,39-,40+/m0/s1. The van der Waals surface area contributed by atoms with E-state index in [1.165, 1.54) is 24.3 Å². The summed E-state index contributed by atoms with van der Waals surface area (Å²) in [6, 6.07) is 7.48. The van der Waals surface area contributed by atoms with Crippen LogP contribution < -0.4 is 0 Å². The molecule has 25 heteroatoms. The number of esters is 1. The lowest BCUT2D eigenvalue weighted by molar-refractivity contribution is -0.390. The molecule has 0 amide bonds. The maximum atomic E-state index is 13.7. The van der Waals surface area contributed by atoms with E-state index in [-0.39, 0.29) is 18.6 Å². The Balaban J connectivity index is 1.40. The van der Waals surface area contributed by atoms with Crippen molar-refractivity contribution in [1.82, 2.24) is 0 Å². The number of phenolic OH excluding ortho intramolecular Hbond substituents is 4. The van der Waals surface area contributed by atoms with E-state index in [0.717, 1.165) is 24.3 Å². The van der Waals surface area contributed by atoms with Crippen LogP contribution in [0.3, 0.4) is 0 Å². The number of hydrogen-bond donors (Lipinski definition) is 15. The SMILES string of the molecule is O=C(/C=C/c1ccc(O)c(O)c1)O[C@H]1[C@H](O[C@@H]2O[C@H](CO)[C@@H](O)[C@H](O)[C@H]2O)[C@@H](O[C@@H]2OC[C@H](O)[C@H](O)[C@H]2O)[C@H](OCCc2ccc(O)c(O)c2)O[C@@H]1CO[C@@H]1O[C@H](CO)[C@@H](O)[C@H](O)[C@H]1O. The van der Waals surface area contributed by atoms with Crippen molar-refractivity contribution in [1.29, 1.82) is 0 Å². The number of benzene rings is 2. The minimum Gasteiger partial charge on any atom is -0.504 e. The number of carbonyl (C=O) groups is 1. The van der Waals surface area contributed by atoms with Gasteiger partial charge in [-0.3, -0.25) is 0 Å². The molecular formula is C40H54O25. The van der Waals surface area contributed by atoms with Gasteiger partial charge < -0.3 is 119 Å². The monoisotopic (exact) mass is 934 g/mol. The minimum absolute atomic E-state index is 0.00578. The van der Waals surface area contributed by atoms with E-state index in [1.807, 2.05) is 0 Å². The van der Waals surface area contributed by atoms with Gasteiger partial charge in [0, 0.05) is 6.08 Å². The molecule has 4 saturated heterocycles. The molecule has 0 saturated carbocycles. The third-order valence-electron chi connectivity index (χ3n) is 11.1. The molecule has 4 aliphatic rings. The zero-order valence-electron chi connectivity index (χ0n) is 34.1. The first-order chi connectivity index (χ1) is 30.9. The Morgan fingerprint density at radius 3 is 1.78 bits per heavy atom. The smallest absolute Gasteiger partial charge is 0.331 e. The molecule has 0 bridgehead atoms. The average molecular weight is 935 g/mol. The van der Waals surface area contributed by atoms with Gasteiger partial charge in [-0.15, -0.1) is 0 Å². The summed E-state index contributed by atoms with van der Waals surface area (Å²) in [4.78, 5) is 13.7. The van der Waals surface area contributed by atoms with Crippen molar-refractivity contribution in [3.8, 4) is 23.0 Å². The van der Waals surface area contributed by atoms with Crippen molar-refractivity contribution in [3.63, 3.8) is 0 Å². The summed E-state index contributed by atoms with van der Waals surface area (Å²) in [5.74, 6) is -3.05. The second kappa shape index (κ2) is 22.3. The topological polar surface area (TPSA) is 404 Å². The largest absolute Gasteiger partial charge is 0.504 e. The third-order valence-corrected chi connectivity index (χ3v) is 11.1. The highest BCUT2D eigenvalue weighted by Gasteiger charge is 2.56. The normalized spacial score (nSPS) is 39.0. The van der Waals surface area contributed by atoms with Gasteiger partial charge in [0.25, 0.3) is 0 Å². The first-order valence-electron chi connectivity index (χ1n) is 20.3. The number of ether oxygens (including phenoxy) is 9. The lowest BCUT2D eigenvalue weighted by Gasteiger charge is -2.49. The first kappa shape index (κ1) is 50.5. The van der Waals surface area contributed by atoms with Crippen molar-refractivity contribution in [2.24, 2.45) is 0 Å². The lowest BCUT2D eigenvalue weighted by Crippen LogP contribution is -2.67. The summed E-state index contributed by atoms with van der Waals surface area (Å²) in [5, 5.41) is 155. The van der Waals surface area contributed by atoms with E-state index in [4.69, 9.17) is 42.6 Å². The molecule has 4 aliphatic heterocycles. The molecule has 65 heavy (non-hydrogen) atoms. The van der Waals surface area contributed by atoms with Crippen LogP contribution in [0.5, 0.6) is 23.0 Å². The number of aliphatic hydroxyl groups excluding tert-OH is 11. The van der Waals surface area contributed by atoms with Gasteiger partial charge in [0.05, 0.1) is 33.0 Å². The predicted octanol–water partition coefficient (Wildman–Crippen LogP) is -5.76. The van der Waals surface area contributed by atoms with Crippen molar-refractivity contribution in [3.05, 3.63) is 53.6 Å². The van der Waals surface area contributed by atoms with E-state index in [9.17, 15) is 81.4 Å². The van der Waals surface area contributed by atoms with Crippen molar-refractivity contribution in [2.45, 2.75) is 123 Å². The van der Waals surface area contributed by atoms with Crippen LogP contribution >= 0.6 is 0 Å². The number of aliphatic hydroxyl groups is 11. The fourth-order valence-corrected chi connectivity index (χ4v) is 7.37. The summed E-state index contributed by atoms with van der Waals surface area (Å²) >= 11 is 0. The zero-order valence-corrected chi connectivity index (χ0v) is 34.1. The third kappa shape index (κ3) is 11.8. The predicted molar refractivity (Wildman–Crippen MR) is 208 cm³/mol. The number of hydrogen-bond acceptors (Lipinski definition) is 25. The van der Waals surface area contributed by atoms with Crippen LogP contribution in [0.1, 0.15) is 11.1 Å². The summed E-state index contributed by atoms with van der Waals surface area (Å²) in [6.07, 6.45) is -32.8. The van der Waals surface area contributed by atoms with Crippen LogP contribution in [0.4, 0.5) is 0 Å². The maximum Gasteiger partial charge on any atom is 0.331 e. The van der Waals surface area contributed by atoms with Crippen LogP contribution in [0, 0.1) is 0 Å². The molecule has 0 spiro atoms. The van der Waals surface area contributed by atoms with Gasteiger partial charge >= 0.3 is 5.97 Å². The fraction of sp³-hybridized carbons (Fsp3) is 0.625. The Hall–Kier alpha value is -3.91. The summed E-state index contributed by atoms with van der Waals surface area (Å²) in [7, 11) is 0. The molecule has 15 N–H and O–H groups in total. The van der Waals surface area contributed by atoms with Gasteiger partial charge in [-0.05, 0) is 47.9 Å². The van der Waals surface area contributed by atoms with Crippen LogP contribution in [0.15, 0.2) is 42.5 Å². The quantitative estimate of drug-likeness (QED) is 0.0424. The molecule has 0 unspecified atom stereocenters. The summed E-state index contributed by atoms with van der Waals surface area (Å²) in [6.45, 7) is -3.46. The van der Waals surface area contributed by atoms with Crippen LogP contribution in [-0.4, -0.2) is 232 Å². The van der Waals surface area contributed by atoms with E-state index in [1.54, 1.807) is 0 Å². The second-order valence-electron chi connectivity index (χ2n) is 15.6. The van der Waals surface area contributed by atoms with Gasteiger partial charge in [-0.25, -0.2) is 4.79 Å². The highest BCUT2D eigenvalue weighted by atomic mass is 16.8. The van der Waals surface area contributed by atoms with Gasteiger partial charge in [-0.1, -0.05) is 12.1 Å². The molecule has 2 aromatic rings. The van der Waals surface area contributed by atoms with Crippen LogP contribution in [0.2, 0.25) is 0 Å². The van der Waals surface area contributed by atoms with E-state index in [2.05, 4.69) is 0 Å². The molecular weight excluding hydrogens is 880 g/mol. The van der Waals surface area contributed by atoms with Crippen molar-refractivity contribution < 1.29 is 124 Å². The molecule has 19 atom stereocenters. The molecule has 0 radical (unpaired) electrons. The van der Waals surface area contributed by atoms with E-state index in [0.29, 0.717) is 5.56 Å². The molecule has 4 heterocycles. The first-order valence-corrected chi connectivity index (χ1v) is 20.3. The lowest BCUT2D eigenvalue weighted by atomic mass is 9.96. The maximum absolute atomic E-state index is 13.7. The average Bonchev–Trinajstić information content (AvgIpc) is 3.28. The summed E-state index contributed by atoms with van der Waals surface area (Å²) < 4.78 is 53.0. The Morgan fingerprint density at radius 1 is 0.585 bits per heavy atom. The molecule has 4 fully saturated rings. The number of aromatic hydroxyl groups is 4. The second-order valence-corrected chi connectivity index (χ2v) is 15.6. The van der Waals surface area contributed by atoms with Gasteiger partial charge in [-0.2, -0.15) is 0 Å². The Labute approximate surface area is 368 Å². The highest BCUT2D eigenvalue weighted by molar-refractivity contribution is 5.87. The fourth-order valence-electron chi connectivity index (χ4n) is 7.37. The zero-order chi connectivity index (χ0) is 47.3. The van der Waals surface area contributed by atoms with Gasteiger partial charge in [0.15, 0.2) is 54.3 Å². The molecule has 25 nitrogen and oxygen atoms in total. The Kier molecular flexibility index (Phi) is 17.3. The Bertz CT molecular complexity index is 1880. The molecule has 0 aliphatic carbocycles. The molecule has 6 rings (SSSR count). The minimum atomic E-state index is -2.10. The molecule has 364 valence electrons. The summed E-state index contributed by atoms with van der Waals surface area (Å²) in [5.41, 5.74) is 0.614. The molecule has 0 aromatic heterocycles. The van der Waals surface area contributed by atoms with Crippen LogP contribution in [-0.2, 0) is 53.8 Å². The number of rotatable bonds is 16. The highest BCUT2D eigenvalue weighted by Crippen LogP contribution is 2.36.